The number of carbonyl (C=O) groups excluding carboxylic acids is 2. The van der Waals surface area contributed by atoms with Gasteiger partial charge in [-0.25, -0.2) is 4.79 Å². The van der Waals surface area contributed by atoms with Gasteiger partial charge in [0.15, 0.2) is 0 Å². The summed E-state index contributed by atoms with van der Waals surface area (Å²) in [5.41, 5.74) is 6.10. The highest BCUT2D eigenvalue weighted by Gasteiger charge is 2.55. The molecule has 0 bridgehead atoms. The van der Waals surface area contributed by atoms with Crippen LogP contribution in [0.1, 0.15) is 35.2 Å². The summed E-state index contributed by atoms with van der Waals surface area (Å²) in [5.74, 6) is -1.36. The second-order valence-electron chi connectivity index (χ2n) is 6.76. The zero-order valence-corrected chi connectivity index (χ0v) is 13.5. The number of benzene rings is 1. The number of nitrogens with one attached hydrogen (secondary N) is 1. The summed E-state index contributed by atoms with van der Waals surface area (Å²) >= 11 is 0. The van der Waals surface area contributed by atoms with E-state index >= 15 is 0 Å². The van der Waals surface area contributed by atoms with Crippen LogP contribution in [-0.2, 0) is 4.79 Å². The van der Waals surface area contributed by atoms with E-state index in [9.17, 15) is 19.5 Å². The van der Waals surface area contributed by atoms with Gasteiger partial charge in [-0.05, 0) is 43.4 Å². The zero-order chi connectivity index (χ0) is 17.5. The number of carbonyl (C=O) groups is 3. The molecule has 1 aromatic rings. The molecule has 1 aliphatic carbocycles. The van der Waals surface area contributed by atoms with Gasteiger partial charge in [0.25, 0.3) is 0 Å². The Hall–Kier alpha value is -2.57. The summed E-state index contributed by atoms with van der Waals surface area (Å²) in [6, 6.07) is 4.52. The summed E-state index contributed by atoms with van der Waals surface area (Å²) in [6.07, 6.45) is 2.35. The lowest BCUT2D eigenvalue weighted by Crippen LogP contribution is -2.38. The van der Waals surface area contributed by atoms with Crippen molar-refractivity contribution < 1.29 is 19.5 Å². The summed E-state index contributed by atoms with van der Waals surface area (Å²) in [5, 5.41) is 12.4. The van der Waals surface area contributed by atoms with Crippen molar-refractivity contribution in [2.75, 3.05) is 18.4 Å². The van der Waals surface area contributed by atoms with Gasteiger partial charge in [0, 0.05) is 24.3 Å². The molecule has 1 aliphatic heterocycles. The number of likely N-dealkylation sites (tertiary alicyclic amines) is 1. The quantitative estimate of drug-likeness (QED) is 0.784. The van der Waals surface area contributed by atoms with Gasteiger partial charge in [0.1, 0.15) is 0 Å². The Balaban J connectivity index is 1.76. The average molecular weight is 331 g/mol. The van der Waals surface area contributed by atoms with Crippen molar-refractivity contribution in [1.29, 1.82) is 0 Å². The Morgan fingerprint density at radius 1 is 1.38 bits per heavy atom. The molecule has 24 heavy (non-hydrogen) atoms. The molecule has 0 spiro atoms. The molecular weight excluding hydrogens is 310 g/mol. The Morgan fingerprint density at radius 2 is 2.12 bits per heavy atom. The van der Waals surface area contributed by atoms with Crippen molar-refractivity contribution >= 4 is 23.6 Å². The number of rotatable bonds is 3. The number of hydrogen-bond acceptors (Lipinski definition) is 3. The van der Waals surface area contributed by atoms with E-state index in [1.807, 2.05) is 6.92 Å². The number of hydrogen-bond donors (Lipinski definition) is 3. The number of nitrogens with zero attached hydrogens (tertiary/aromatic N) is 1. The largest absolute Gasteiger partial charge is 0.481 e. The second kappa shape index (κ2) is 5.81. The molecule has 1 saturated carbocycles. The summed E-state index contributed by atoms with van der Waals surface area (Å²) in [4.78, 5) is 37.1. The zero-order valence-electron chi connectivity index (χ0n) is 13.5. The molecule has 1 heterocycles. The fourth-order valence-electron chi connectivity index (χ4n) is 3.90. The minimum absolute atomic E-state index is 0.0128. The van der Waals surface area contributed by atoms with E-state index in [-0.39, 0.29) is 18.5 Å². The number of carboxylic acids is 1. The Bertz CT molecular complexity index is 718. The van der Waals surface area contributed by atoms with Gasteiger partial charge in [-0.3, -0.25) is 9.59 Å². The lowest BCUT2D eigenvalue weighted by molar-refractivity contribution is -0.149. The molecule has 0 aromatic heterocycles. The van der Waals surface area contributed by atoms with Crippen LogP contribution in [0.25, 0.3) is 0 Å². The molecule has 1 saturated heterocycles. The van der Waals surface area contributed by atoms with Crippen LogP contribution in [0, 0.1) is 18.3 Å². The lowest BCUT2D eigenvalue weighted by atomic mass is 9.81. The highest BCUT2D eigenvalue weighted by Crippen LogP contribution is 2.48. The number of anilines is 1. The Labute approximate surface area is 139 Å². The predicted molar refractivity (Wildman–Crippen MR) is 87.7 cm³/mol. The van der Waals surface area contributed by atoms with Gasteiger partial charge in [0.05, 0.1) is 5.41 Å². The third-order valence-electron chi connectivity index (χ3n) is 5.35. The maximum absolute atomic E-state index is 12.5. The highest BCUT2D eigenvalue weighted by molar-refractivity contribution is 5.96. The molecule has 2 aliphatic rings. The molecule has 4 N–H and O–H groups in total. The van der Waals surface area contributed by atoms with Crippen LogP contribution >= 0.6 is 0 Å². The number of urea groups is 1. The maximum Gasteiger partial charge on any atom is 0.321 e. The van der Waals surface area contributed by atoms with E-state index in [0.29, 0.717) is 24.2 Å². The molecule has 128 valence electrons. The number of aliphatic carboxylic acids is 1. The molecule has 7 heteroatoms. The van der Waals surface area contributed by atoms with Crippen molar-refractivity contribution in [3.8, 4) is 0 Å². The van der Waals surface area contributed by atoms with Crippen molar-refractivity contribution in [2.24, 2.45) is 17.1 Å². The number of nitrogens with two attached hydrogens (primary N) is 1. The van der Waals surface area contributed by atoms with Gasteiger partial charge >= 0.3 is 12.0 Å². The van der Waals surface area contributed by atoms with Crippen LogP contribution < -0.4 is 11.1 Å². The van der Waals surface area contributed by atoms with Crippen LogP contribution in [0.4, 0.5) is 10.5 Å². The third kappa shape index (κ3) is 2.60. The molecule has 2 fully saturated rings. The first-order valence-corrected chi connectivity index (χ1v) is 8.03. The minimum atomic E-state index is -0.813. The van der Waals surface area contributed by atoms with E-state index in [0.717, 1.165) is 18.4 Å². The third-order valence-corrected chi connectivity index (χ3v) is 5.35. The van der Waals surface area contributed by atoms with Crippen molar-refractivity contribution in [3.63, 3.8) is 0 Å². The van der Waals surface area contributed by atoms with E-state index in [1.54, 1.807) is 23.1 Å². The van der Waals surface area contributed by atoms with Gasteiger partial charge < -0.3 is 21.1 Å². The number of fused-ring (bicyclic) bond motifs is 1. The summed E-state index contributed by atoms with van der Waals surface area (Å²) < 4.78 is 0. The van der Waals surface area contributed by atoms with Crippen LogP contribution in [0.3, 0.4) is 0 Å². The molecule has 3 amide bonds. The Kier molecular flexibility index (Phi) is 3.95. The molecule has 0 radical (unpaired) electrons. The van der Waals surface area contributed by atoms with Gasteiger partial charge in [-0.2, -0.15) is 0 Å². The molecule has 7 nitrogen and oxygen atoms in total. The Morgan fingerprint density at radius 3 is 2.75 bits per heavy atom. The fraction of sp³-hybridized carbons (Fsp3) is 0.471. The smallest absolute Gasteiger partial charge is 0.321 e. The van der Waals surface area contributed by atoms with Gasteiger partial charge in [0.2, 0.25) is 5.91 Å². The summed E-state index contributed by atoms with van der Waals surface area (Å²) in [6.45, 7) is 2.50. The van der Waals surface area contributed by atoms with E-state index in [4.69, 9.17) is 5.73 Å². The second-order valence-corrected chi connectivity index (χ2v) is 6.76. The van der Waals surface area contributed by atoms with Crippen LogP contribution in [0.15, 0.2) is 18.2 Å². The van der Waals surface area contributed by atoms with E-state index in [2.05, 4.69) is 5.32 Å². The average Bonchev–Trinajstić information content (AvgIpc) is 3.07. The van der Waals surface area contributed by atoms with E-state index < -0.39 is 17.3 Å². The monoisotopic (exact) mass is 331 g/mol. The number of aryl methyl sites for hydroxylation is 1. The fourth-order valence-corrected chi connectivity index (χ4v) is 3.90. The minimum Gasteiger partial charge on any atom is -0.481 e. The highest BCUT2D eigenvalue weighted by atomic mass is 16.4. The van der Waals surface area contributed by atoms with Crippen molar-refractivity contribution in [1.82, 2.24) is 4.90 Å². The van der Waals surface area contributed by atoms with Crippen LogP contribution in [0.5, 0.6) is 0 Å². The first kappa shape index (κ1) is 16.3. The number of amides is 3. The first-order valence-electron chi connectivity index (χ1n) is 8.03. The molecule has 3 rings (SSSR count). The SMILES string of the molecule is Cc1ccc(C(N)=O)cc1NC(=O)N1C[C@@H]2CCC[C@@]2(C(=O)O)C1. The lowest BCUT2D eigenvalue weighted by Gasteiger charge is -2.23. The summed E-state index contributed by atoms with van der Waals surface area (Å²) in [7, 11) is 0. The molecule has 0 unspecified atom stereocenters. The van der Waals surface area contributed by atoms with Crippen LogP contribution in [-0.4, -0.2) is 41.0 Å². The van der Waals surface area contributed by atoms with Gasteiger partial charge in [-0.1, -0.05) is 12.5 Å². The van der Waals surface area contributed by atoms with Crippen molar-refractivity contribution in [3.05, 3.63) is 29.3 Å². The number of carboxylic acid groups (broad SMARTS) is 1. The molecular formula is C17H21N3O4. The number of primary amides is 1. The first-order chi connectivity index (χ1) is 11.3. The standard InChI is InChI=1S/C17H21N3O4/c1-10-4-5-11(14(18)21)7-13(10)19-16(24)20-8-12-3-2-6-17(12,9-20)15(22)23/h4-5,7,12H,2-3,6,8-9H2,1H3,(H2,18,21)(H,19,24)(H,22,23)/t12-,17+/m0/s1. The van der Waals surface area contributed by atoms with Gasteiger partial charge in [-0.15, -0.1) is 0 Å². The predicted octanol–water partition coefficient (Wildman–Crippen LogP) is 1.81. The molecule has 2 atom stereocenters. The van der Waals surface area contributed by atoms with Crippen molar-refractivity contribution in [2.45, 2.75) is 26.2 Å². The normalized spacial score (nSPS) is 25.4. The maximum atomic E-state index is 12.5. The topological polar surface area (TPSA) is 113 Å². The molecule has 1 aromatic carbocycles. The van der Waals surface area contributed by atoms with Crippen LogP contribution in [0.2, 0.25) is 0 Å². The van der Waals surface area contributed by atoms with E-state index in [1.165, 1.54) is 0 Å².